The molecule has 0 amide bonds. The molecular weight excluding hydrogens is 128 g/mol. The van der Waals surface area contributed by atoms with Gasteiger partial charge in [-0.1, -0.05) is 20.3 Å². The Labute approximate surface area is 62.2 Å². The Morgan fingerprint density at radius 2 is 2.10 bits per heavy atom. The molecule has 0 aromatic heterocycles. The van der Waals surface area contributed by atoms with Crippen molar-refractivity contribution in [1.29, 1.82) is 0 Å². The van der Waals surface area contributed by atoms with Crippen molar-refractivity contribution in [1.82, 2.24) is 0 Å². The van der Waals surface area contributed by atoms with Crippen molar-refractivity contribution < 1.29 is 9.90 Å². The lowest BCUT2D eigenvalue weighted by molar-refractivity contribution is -0.138. The average molecular weight is 144 g/mol. The quantitative estimate of drug-likeness (QED) is 0.649. The second kappa shape index (κ2) is 3.15. The van der Waals surface area contributed by atoms with Crippen molar-refractivity contribution in [2.24, 2.45) is 5.92 Å². The zero-order valence-electron chi connectivity index (χ0n) is 7.14. The maximum absolute atomic E-state index is 10.8. The smallest absolute Gasteiger partial charge is 0.161 e. The molecule has 0 aliphatic carbocycles. The Balaban J connectivity index is 4.23. The van der Waals surface area contributed by atoms with Crippen LogP contribution >= 0.6 is 0 Å². The summed E-state index contributed by atoms with van der Waals surface area (Å²) < 4.78 is 0. The van der Waals surface area contributed by atoms with Crippen molar-refractivity contribution in [3.05, 3.63) is 0 Å². The third-order valence-electron chi connectivity index (χ3n) is 2.28. The summed E-state index contributed by atoms with van der Waals surface area (Å²) in [6, 6.07) is 0. The molecule has 2 nitrogen and oxygen atoms in total. The Morgan fingerprint density at radius 1 is 1.70 bits per heavy atom. The molecule has 0 aliphatic rings. The van der Waals surface area contributed by atoms with Gasteiger partial charge in [0.05, 0.1) is 0 Å². The van der Waals surface area contributed by atoms with E-state index in [1.807, 2.05) is 13.8 Å². The van der Waals surface area contributed by atoms with E-state index in [4.69, 9.17) is 0 Å². The molecule has 0 saturated carbocycles. The summed E-state index contributed by atoms with van der Waals surface area (Å²) in [5.41, 5.74) is -1.13. The fourth-order valence-electron chi connectivity index (χ4n) is 0.744. The monoisotopic (exact) mass is 144 g/mol. The fourth-order valence-corrected chi connectivity index (χ4v) is 0.744. The standard InChI is InChI=1S/C8H16O2/c1-5-6(2)8(4,10)7(3)9/h6,10H,5H2,1-4H3. The normalized spacial score (nSPS) is 19.7. The lowest BCUT2D eigenvalue weighted by Gasteiger charge is -2.26. The van der Waals surface area contributed by atoms with Gasteiger partial charge in [0.25, 0.3) is 0 Å². The lowest BCUT2D eigenvalue weighted by Crippen LogP contribution is -2.39. The van der Waals surface area contributed by atoms with Gasteiger partial charge in [0, 0.05) is 0 Å². The summed E-state index contributed by atoms with van der Waals surface area (Å²) in [5.74, 6) is -0.105. The third-order valence-corrected chi connectivity index (χ3v) is 2.28. The van der Waals surface area contributed by atoms with Crippen LogP contribution in [0.5, 0.6) is 0 Å². The molecule has 0 spiro atoms. The summed E-state index contributed by atoms with van der Waals surface area (Å²) in [6.45, 7) is 6.83. The minimum atomic E-state index is -1.13. The van der Waals surface area contributed by atoms with Gasteiger partial charge in [0.15, 0.2) is 5.78 Å². The summed E-state index contributed by atoms with van der Waals surface area (Å²) in [4.78, 5) is 10.8. The van der Waals surface area contributed by atoms with E-state index in [0.29, 0.717) is 0 Å². The molecule has 0 radical (unpaired) electrons. The van der Waals surface area contributed by atoms with E-state index in [1.165, 1.54) is 6.92 Å². The summed E-state index contributed by atoms with van der Waals surface area (Å²) >= 11 is 0. The zero-order valence-corrected chi connectivity index (χ0v) is 7.14. The number of carbonyl (C=O) groups excluding carboxylic acids is 1. The number of Topliss-reactive ketones (excluding diaryl/α,β-unsaturated/α-hetero) is 1. The molecule has 0 fully saturated rings. The van der Waals surface area contributed by atoms with Crippen molar-refractivity contribution >= 4 is 5.78 Å². The largest absolute Gasteiger partial charge is 0.382 e. The van der Waals surface area contributed by atoms with Crippen LogP contribution in [0.1, 0.15) is 34.1 Å². The van der Waals surface area contributed by atoms with Crippen molar-refractivity contribution in [2.75, 3.05) is 0 Å². The highest BCUT2D eigenvalue weighted by molar-refractivity contribution is 5.84. The number of hydrogen-bond acceptors (Lipinski definition) is 2. The summed E-state index contributed by atoms with van der Waals surface area (Å²) in [5, 5.41) is 9.51. The van der Waals surface area contributed by atoms with Crippen LogP contribution < -0.4 is 0 Å². The molecule has 0 saturated heterocycles. The lowest BCUT2D eigenvalue weighted by atomic mass is 9.86. The molecule has 0 rings (SSSR count). The predicted octanol–water partition coefficient (Wildman–Crippen LogP) is 1.37. The van der Waals surface area contributed by atoms with Crippen LogP contribution in [0.4, 0.5) is 0 Å². The highest BCUT2D eigenvalue weighted by atomic mass is 16.3. The van der Waals surface area contributed by atoms with Gasteiger partial charge in [-0.25, -0.2) is 0 Å². The van der Waals surface area contributed by atoms with E-state index in [-0.39, 0.29) is 11.7 Å². The molecule has 60 valence electrons. The number of rotatable bonds is 3. The van der Waals surface area contributed by atoms with Gasteiger partial charge >= 0.3 is 0 Å². The number of hydrogen-bond donors (Lipinski definition) is 1. The number of carbonyl (C=O) groups is 1. The molecule has 10 heavy (non-hydrogen) atoms. The van der Waals surface area contributed by atoms with Gasteiger partial charge in [-0.15, -0.1) is 0 Å². The molecule has 2 unspecified atom stereocenters. The van der Waals surface area contributed by atoms with Crippen molar-refractivity contribution in [3.8, 4) is 0 Å². The van der Waals surface area contributed by atoms with E-state index >= 15 is 0 Å². The highest BCUT2D eigenvalue weighted by Crippen LogP contribution is 2.20. The molecule has 1 N–H and O–H groups in total. The average Bonchev–Trinajstić information content (AvgIpc) is 1.86. The first-order valence-electron chi connectivity index (χ1n) is 3.66. The number of aliphatic hydroxyl groups is 1. The first kappa shape index (κ1) is 9.63. The zero-order chi connectivity index (χ0) is 8.36. The Bertz CT molecular complexity index is 127. The SMILES string of the molecule is CCC(C)C(C)(O)C(C)=O. The highest BCUT2D eigenvalue weighted by Gasteiger charge is 2.31. The van der Waals surface area contributed by atoms with Crippen LogP contribution in [-0.4, -0.2) is 16.5 Å². The van der Waals surface area contributed by atoms with Gasteiger partial charge < -0.3 is 5.11 Å². The Hall–Kier alpha value is -0.370. The van der Waals surface area contributed by atoms with Crippen molar-refractivity contribution in [3.63, 3.8) is 0 Å². The first-order chi connectivity index (χ1) is 4.42. The summed E-state index contributed by atoms with van der Waals surface area (Å²) in [7, 11) is 0. The molecule has 0 aromatic rings. The second-order valence-corrected chi connectivity index (χ2v) is 3.01. The molecule has 0 aliphatic heterocycles. The van der Waals surface area contributed by atoms with Crippen LogP contribution in [0.3, 0.4) is 0 Å². The van der Waals surface area contributed by atoms with Crippen LogP contribution in [0.15, 0.2) is 0 Å². The minimum Gasteiger partial charge on any atom is -0.382 e. The van der Waals surface area contributed by atoms with Crippen LogP contribution in [0.25, 0.3) is 0 Å². The molecule has 2 heteroatoms. The van der Waals surface area contributed by atoms with Gasteiger partial charge in [0.1, 0.15) is 5.60 Å². The van der Waals surface area contributed by atoms with Crippen LogP contribution in [-0.2, 0) is 4.79 Å². The molecule has 0 heterocycles. The van der Waals surface area contributed by atoms with Crippen LogP contribution in [0, 0.1) is 5.92 Å². The second-order valence-electron chi connectivity index (χ2n) is 3.01. The van der Waals surface area contributed by atoms with Crippen LogP contribution in [0.2, 0.25) is 0 Å². The van der Waals surface area contributed by atoms with E-state index in [0.717, 1.165) is 6.42 Å². The first-order valence-corrected chi connectivity index (χ1v) is 3.66. The van der Waals surface area contributed by atoms with E-state index in [9.17, 15) is 9.90 Å². The summed E-state index contributed by atoms with van der Waals surface area (Å²) in [6.07, 6.45) is 0.826. The molecule has 0 bridgehead atoms. The van der Waals surface area contributed by atoms with E-state index < -0.39 is 5.60 Å². The Kier molecular flexibility index (Phi) is 3.03. The van der Waals surface area contributed by atoms with Gasteiger partial charge in [0.2, 0.25) is 0 Å². The minimum absolute atomic E-state index is 0.0463. The fraction of sp³-hybridized carbons (Fsp3) is 0.875. The van der Waals surface area contributed by atoms with Crippen molar-refractivity contribution in [2.45, 2.75) is 39.7 Å². The molecule has 2 atom stereocenters. The number of ketones is 1. The molecular formula is C8H16O2. The van der Waals surface area contributed by atoms with Gasteiger partial charge in [-0.2, -0.15) is 0 Å². The maximum atomic E-state index is 10.8. The Morgan fingerprint density at radius 3 is 2.20 bits per heavy atom. The third kappa shape index (κ3) is 1.81. The van der Waals surface area contributed by atoms with Gasteiger partial charge in [-0.05, 0) is 19.8 Å². The maximum Gasteiger partial charge on any atom is 0.161 e. The molecule has 0 aromatic carbocycles. The van der Waals surface area contributed by atoms with Gasteiger partial charge in [-0.3, -0.25) is 4.79 Å². The van der Waals surface area contributed by atoms with E-state index in [1.54, 1.807) is 6.92 Å². The predicted molar refractivity (Wildman–Crippen MR) is 40.8 cm³/mol. The van der Waals surface area contributed by atoms with E-state index in [2.05, 4.69) is 0 Å². The topological polar surface area (TPSA) is 37.3 Å².